The lowest BCUT2D eigenvalue weighted by atomic mass is 9.92. The summed E-state index contributed by atoms with van der Waals surface area (Å²) in [4.78, 5) is 13.7. The molecule has 0 aromatic carbocycles. The predicted molar refractivity (Wildman–Crippen MR) is 72.0 cm³/mol. The van der Waals surface area contributed by atoms with Crippen molar-refractivity contribution in [2.45, 2.75) is 32.6 Å². The molecular formula is C13H23N3O3. The molecule has 1 amide bonds. The highest BCUT2D eigenvalue weighted by Crippen LogP contribution is 2.20. The number of aromatic amines is 1. The van der Waals surface area contributed by atoms with Crippen LogP contribution in [0.25, 0.3) is 0 Å². The van der Waals surface area contributed by atoms with Gasteiger partial charge in [-0.25, -0.2) is 0 Å². The van der Waals surface area contributed by atoms with Gasteiger partial charge in [-0.3, -0.25) is 9.89 Å². The lowest BCUT2D eigenvalue weighted by Crippen LogP contribution is -2.35. The zero-order valence-corrected chi connectivity index (χ0v) is 11.8. The van der Waals surface area contributed by atoms with Gasteiger partial charge >= 0.3 is 0 Å². The number of H-pyrrole nitrogens is 1. The number of nitrogens with one attached hydrogen (secondary N) is 1. The summed E-state index contributed by atoms with van der Waals surface area (Å²) >= 11 is 0. The number of amides is 1. The summed E-state index contributed by atoms with van der Waals surface area (Å²) in [5, 5.41) is 24.7. The highest BCUT2D eigenvalue weighted by molar-refractivity contribution is 5.92. The molecule has 0 radical (unpaired) electrons. The van der Waals surface area contributed by atoms with Gasteiger partial charge in [0.05, 0.1) is 6.61 Å². The van der Waals surface area contributed by atoms with Crippen LogP contribution in [-0.4, -0.2) is 57.5 Å². The molecule has 19 heavy (non-hydrogen) atoms. The van der Waals surface area contributed by atoms with Gasteiger partial charge in [0.2, 0.25) is 0 Å². The Labute approximate surface area is 113 Å². The fourth-order valence-electron chi connectivity index (χ4n) is 1.67. The minimum absolute atomic E-state index is 0.0169. The van der Waals surface area contributed by atoms with Gasteiger partial charge in [-0.05, 0) is 12.5 Å². The Balaban J connectivity index is 2.81. The number of aliphatic hydroxyl groups excluding tert-OH is 2. The van der Waals surface area contributed by atoms with Crippen LogP contribution in [0.15, 0.2) is 6.07 Å². The van der Waals surface area contributed by atoms with E-state index < -0.39 is 0 Å². The van der Waals surface area contributed by atoms with Crippen LogP contribution >= 0.6 is 0 Å². The topological polar surface area (TPSA) is 89.5 Å². The Morgan fingerprint density at radius 2 is 2.00 bits per heavy atom. The van der Waals surface area contributed by atoms with E-state index in [1.807, 2.05) is 20.8 Å². The SMILES string of the molecule is CC(C)(C)c1cc(C(=O)N(CCO)CCCO)n[nH]1. The first-order chi connectivity index (χ1) is 8.90. The summed E-state index contributed by atoms with van der Waals surface area (Å²) in [6, 6.07) is 1.74. The molecule has 1 aromatic rings. The number of carbonyl (C=O) groups excluding carboxylic acids is 1. The van der Waals surface area contributed by atoms with Crippen LogP contribution in [0.4, 0.5) is 0 Å². The van der Waals surface area contributed by atoms with E-state index in [0.717, 1.165) is 5.69 Å². The van der Waals surface area contributed by atoms with E-state index in [2.05, 4.69) is 10.2 Å². The Hall–Kier alpha value is -1.40. The number of carbonyl (C=O) groups is 1. The number of nitrogens with zero attached hydrogens (tertiary/aromatic N) is 2. The zero-order valence-electron chi connectivity index (χ0n) is 11.8. The van der Waals surface area contributed by atoms with Crippen LogP contribution in [0.2, 0.25) is 0 Å². The summed E-state index contributed by atoms with van der Waals surface area (Å²) < 4.78 is 0. The molecule has 1 rings (SSSR count). The van der Waals surface area contributed by atoms with E-state index in [1.165, 1.54) is 4.90 Å². The molecular weight excluding hydrogens is 246 g/mol. The Bertz CT molecular complexity index is 410. The van der Waals surface area contributed by atoms with Crippen LogP contribution in [0, 0.1) is 0 Å². The molecule has 0 aliphatic carbocycles. The average molecular weight is 269 g/mol. The van der Waals surface area contributed by atoms with Crippen molar-refractivity contribution >= 4 is 5.91 Å². The predicted octanol–water partition coefficient (Wildman–Crippen LogP) is 0.524. The molecule has 0 unspecified atom stereocenters. The molecule has 6 nitrogen and oxygen atoms in total. The van der Waals surface area contributed by atoms with Crippen LogP contribution in [-0.2, 0) is 5.41 Å². The quantitative estimate of drug-likeness (QED) is 0.702. The third kappa shape index (κ3) is 4.33. The monoisotopic (exact) mass is 269 g/mol. The van der Waals surface area contributed by atoms with Gasteiger partial charge in [0.15, 0.2) is 0 Å². The molecule has 108 valence electrons. The molecule has 0 aliphatic rings. The van der Waals surface area contributed by atoms with E-state index in [1.54, 1.807) is 6.07 Å². The molecule has 0 saturated carbocycles. The third-order valence-corrected chi connectivity index (χ3v) is 2.85. The van der Waals surface area contributed by atoms with Gasteiger partial charge in [-0.15, -0.1) is 0 Å². The van der Waals surface area contributed by atoms with Crippen molar-refractivity contribution in [2.24, 2.45) is 0 Å². The van der Waals surface area contributed by atoms with Crippen molar-refractivity contribution in [3.63, 3.8) is 0 Å². The molecule has 0 saturated heterocycles. The summed E-state index contributed by atoms with van der Waals surface area (Å²) in [5.74, 6) is -0.228. The van der Waals surface area contributed by atoms with Crippen molar-refractivity contribution in [1.82, 2.24) is 15.1 Å². The molecule has 6 heteroatoms. The maximum atomic E-state index is 12.2. The molecule has 3 N–H and O–H groups in total. The molecule has 0 atom stereocenters. The molecule has 0 spiro atoms. The number of hydrogen-bond donors (Lipinski definition) is 3. The highest BCUT2D eigenvalue weighted by Gasteiger charge is 2.22. The molecule has 0 fully saturated rings. The van der Waals surface area contributed by atoms with E-state index >= 15 is 0 Å². The smallest absolute Gasteiger partial charge is 0.274 e. The number of aliphatic hydroxyl groups is 2. The van der Waals surface area contributed by atoms with E-state index in [0.29, 0.717) is 18.7 Å². The number of rotatable bonds is 6. The Kier molecular flexibility index (Phi) is 5.50. The van der Waals surface area contributed by atoms with Crippen LogP contribution in [0.3, 0.4) is 0 Å². The van der Waals surface area contributed by atoms with Crippen LogP contribution in [0.5, 0.6) is 0 Å². The fraction of sp³-hybridized carbons (Fsp3) is 0.692. The standard InChI is InChI=1S/C13H23N3O3/c1-13(2,3)11-9-10(14-15-11)12(19)16(6-8-18)5-4-7-17/h9,17-18H,4-8H2,1-3H3,(H,14,15). The van der Waals surface area contributed by atoms with Crippen molar-refractivity contribution in [2.75, 3.05) is 26.3 Å². The van der Waals surface area contributed by atoms with Gasteiger partial charge in [0.1, 0.15) is 5.69 Å². The molecule has 1 aromatic heterocycles. The summed E-state index contributed by atoms with van der Waals surface area (Å²) in [7, 11) is 0. The zero-order chi connectivity index (χ0) is 14.5. The van der Waals surface area contributed by atoms with Gasteiger partial charge < -0.3 is 15.1 Å². The molecule has 0 aliphatic heterocycles. The van der Waals surface area contributed by atoms with Gasteiger partial charge in [-0.1, -0.05) is 20.8 Å². The highest BCUT2D eigenvalue weighted by atomic mass is 16.3. The minimum Gasteiger partial charge on any atom is -0.396 e. The maximum absolute atomic E-state index is 12.2. The van der Waals surface area contributed by atoms with Gasteiger partial charge in [-0.2, -0.15) is 5.10 Å². The first-order valence-electron chi connectivity index (χ1n) is 6.47. The normalized spacial score (nSPS) is 11.6. The van der Waals surface area contributed by atoms with E-state index in [9.17, 15) is 4.79 Å². The van der Waals surface area contributed by atoms with Crippen molar-refractivity contribution in [1.29, 1.82) is 0 Å². The molecule has 1 heterocycles. The van der Waals surface area contributed by atoms with Gasteiger partial charge in [0, 0.05) is 30.8 Å². The number of hydrogen-bond acceptors (Lipinski definition) is 4. The third-order valence-electron chi connectivity index (χ3n) is 2.85. The second-order valence-corrected chi connectivity index (χ2v) is 5.51. The first-order valence-corrected chi connectivity index (χ1v) is 6.47. The summed E-state index contributed by atoms with van der Waals surface area (Å²) in [6.07, 6.45) is 0.488. The average Bonchev–Trinajstić information content (AvgIpc) is 2.83. The Morgan fingerprint density at radius 1 is 1.32 bits per heavy atom. The summed E-state index contributed by atoms with van der Waals surface area (Å²) in [6.45, 7) is 6.67. The molecule has 0 bridgehead atoms. The summed E-state index contributed by atoms with van der Waals surface area (Å²) in [5.41, 5.74) is 1.14. The van der Waals surface area contributed by atoms with Gasteiger partial charge in [0.25, 0.3) is 5.91 Å². The second-order valence-electron chi connectivity index (χ2n) is 5.51. The van der Waals surface area contributed by atoms with Crippen molar-refractivity contribution in [3.8, 4) is 0 Å². The second kappa shape index (κ2) is 6.68. The lowest BCUT2D eigenvalue weighted by molar-refractivity contribution is 0.0704. The lowest BCUT2D eigenvalue weighted by Gasteiger charge is -2.20. The maximum Gasteiger partial charge on any atom is 0.274 e. The van der Waals surface area contributed by atoms with Crippen LogP contribution < -0.4 is 0 Å². The van der Waals surface area contributed by atoms with Crippen molar-refractivity contribution in [3.05, 3.63) is 17.5 Å². The minimum atomic E-state index is -0.228. The first kappa shape index (κ1) is 15.7. The Morgan fingerprint density at radius 3 is 2.47 bits per heavy atom. The largest absolute Gasteiger partial charge is 0.396 e. The van der Waals surface area contributed by atoms with Crippen molar-refractivity contribution < 1.29 is 15.0 Å². The van der Waals surface area contributed by atoms with Crippen LogP contribution in [0.1, 0.15) is 43.4 Å². The van der Waals surface area contributed by atoms with E-state index in [-0.39, 0.29) is 31.1 Å². The number of aromatic nitrogens is 2. The van der Waals surface area contributed by atoms with E-state index in [4.69, 9.17) is 10.2 Å². The fourth-order valence-corrected chi connectivity index (χ4v) is 1.67.